The first kappa shape index (κ1) is 37.7. The molecule has 0 radical (unpaired) electrons. The lowest BCUT2D eigenvalue weighted by molar-refractivity contribution is -0.175. The second-order valence-electron chi connectivity index (χ2n) is 12.9. The van der Waals surface area contributed by atoms with Crippen molar-refractivity contribution in [1.82, 2.24) is 19.8 Å². The third-order valence-corrected chi connectivity index (χ3v) is 11.1. The van der Waals surface area contributed by atoms with Crippen LogP contribution in [-0.2, 0) is 40.2 Å². The van der Waals surface area contributed by atoms with Crippen LogP contribution in [0.3, 0.4) is 0 Å². The normalized spacial score (nSPS) is 20.7. The van der Waals surface area contributed by atoms with Crippen LogP contribution in [0, 0.1) is 5.92 Å². The van der Waals surface area contributed by atoms with Crippen LogP contribution in [-0.4, -0.2) is 86.3 Å². The number of urea groups is 2. The largest absolute Gasteiger partial charge is 0.511 e. The predicted molar refractivity (Wildman–Crippen MR) is 177 cm³/mol. The van der Waals surface area contributed by atoms with Crippen LogP contribution in [0.4, 0.5) is 14.4 Å². The van der Waals surface area contributed by atoms with Gasteiger partial charge in [-0.15, -0.1) is 0 Å². The summed E-state index contributed by atoms with van der Waals surface area (Å²) in [5.41, 5.74) is 2.30. The molecule has 2 fully saturated rings. The summed E-state index contributed by atoms with van der Waals surface area (Å²) in [5, 5.41) is 5.48. The summed E-state index contributed by atoms with van der Waals surface area (Å²) < 4.78 is 42.7. The highest BCUT2D eigenvalue weighted by Gasteiger charge is 2.33. The number of hydrogen-bond acceptors (Lipinski definition) is 10. The minimum atomic E-state index is -4.15. The Kier molecular flexibility index (Phi) is 13.1. The van der Waals surface area contributed by atoms with Crippen LogP contribution in [0.5, 0.6) is 0 Å². The molecule has 270 valence electrons. The summed E-state index contributed by atoms with van der Waals surface area (Å²) >= 11 is 0. The molecule has 0 spiro atoms. The first-order chi connectivity index (χ1) is 23.3. The molecule has 1 atom stereocenters. The number of carbonyl (C=O) groups excluding carboxylic acids is 5. The molecule has 3 aliphatic rings. The number of amides is 5. The van der Waals surface area contributed by atoms with E-state index in [4.69, 9.17) is 14.2 Å². The number of ether oxygens (including phenoxy) is 3. The van der Waals surface area contributed by atoms with Crippen LogP contribution in [0.2, 0.25) is 0 Å². The number of imide groups is 1. The lowest BCUT2D eigenvalue weighted by Gasteiger charge is -2.30. The Morgan fingerprint density at radius 2 is 1.63 bits per heavy atom. The molecule has 1 aromatic carbocycles. The zero-order valence-corrected chi connectivity index (χ0v) is 29.5. The molecule has 4 rings (SSSR count). The van der Waals surface area contributed by atoms with E-state index in [1.165, 1.54) is 31.0 Å². The van der Waals surface area contributed by atoms with Crippen LogP contribution in [0.15, 0.2) is 40.3 Å². The Morgan fingerprint density at radius 1 is 0.980 bits per heavy atom. The predicted octanol–water partition coefficient (Wildman–Crippen LogP) is 4.77. The molecule has 14 nitrogen and oxygen atoms in total. The Labute approximate surface area is 287 Å². The van der Waals surface area contributed by atoms with Crippen LogP contribution in [0.25, 0.3) is 0 Å². The number of esters is 1. The summed E-state index contributed by atoms with van der Waals surface area (Å²) in [6.45, 7) is 5.69. The van der Waals surface area contributed by atoms with Crippen molar-refractivity contribution in [3.05, 3.63) is 41.0 Å². The average Bonchev–Trinajstić information content (AvgIpc) is 3.37. The second-order valence-corrected chi connectivity index (χ2v) is 14.8. The number of nitrogens with zero attached hydrogens (tertiary/aromatic N) is 2. The molecule has 2 saturated carbocycles. The second kappa shape index (κ2) is 17.0. The SMILES string of the molecule is CCC1=C(C)CN(C(=O)NCCc2ccc(S(=O)(=O)N(C)C(=O)NC3CCC(C(=O)OC(C)OC(=O)OC4CCCCC4)CC3)cc2)C1=O. The molecule has 0 aromatic heterocycles. The first-order valence-corrected chi connectivity index (χ1v) is 18.5. The Morgan fingerprint density at radius 3 is 2.24 bits per heavy atom. The van der Waals surface area contributed by atoms with E-state index >= 15 is 0 Å². The maximum absolute atomic E-state index is 13.2. The number of rotatable bonds is 11. The Balaban J connectivity index is 1.17. The van der Waals surface area contributed by atoms with Gasteiger partial charge in [0.1, 0.15) is 6.10 Å². The maximum atomic E-state index is 13.2. The number of sulfonamides is 1. The van der Waals surface area contributed by atoms with Crippen molar-refractivity contribution in [3.8, 4) is 0 Å². The quantitative estimate of drug-likeness (QED) is 0.241. The number of carbonyl (C=O) groups is 5. The molecule has 2 aliphatic carbocycles. The Hall–Kier alpha value is -4.14. The van der Waals surface area contributed by atoms with E-state index in [-0.39, 0.29) is 36.0 Å². The molecule has 1 unspecified atom stereocenters. The molecule has 0 bridgehead atoms. The topological polar surface area (TPSA) is 178 Å². The van der Waals surface area contributed by atoms with Crippen molar-refractivity contribution >= 4 is 40.1 Å². The van der Waals surface area contributed by atoms with E-state index in [0.29, 0.717) is 48.4 Å². The monoisotopic (exact) mass is 704 g/mol. The molecule has 1 heterocycles. The molecule has 5 amide bonds. The van der Waals surface area contributed by atoms with Crippen molar-refractivity contribution in [2.45, 2.75) is 115 Å². The third-order valence-electron chi connectivity index (χ3n) is 9.32. The zero-order valence-electron chi connectivity index (χ0n) is 28.7. The van der Waals surface area contributed by atoms with Gasteiger partial charge in [-0.05, 0) is 94.4 Å². The average molecular weight is 705 g/mol. The molecule has 0 saturated heterocycles. The molecule has 1 aromatic rings. The maximum Gasteiger partial charge on any atom is 0.511 e. The fourth-order valence-corrected chi connectivity index (χ4v) is 7.44. The van der Waals surface area contributed by atoms with Crippen molar-refractivity contribution in [1.29, 1.82) is 0 Å². The first-order valence-electron chi connectivity index (χ1n) is 17.0. The van der Waals surface area contributed by atoms with Crippen LogP contribution < -0.4 is 10.6 Å². The standard InChI is InChI=1S/C34H48N4O10S/c1-5-29-22(2)21-38(30(29)39)32(41)35-20-19-24-11-17-28(18-12-24)49(44,45)37(4)33(42)36-26-15-13-25(14-16-26)31(40)46-23(3)47-34(43)48-27-9-7-6-8-10-27/h11-12,17-18,23,25-27H,5-10,13-16,19-21H2,1-4H3,(H,35,41)(H,36,42). The third kappa shape index (κ3) is 9.96. The summed E-state index contributed by atoms with van der Waals surface area (Å²) in [5.74, 6) is -1.23. The van der Waals surface area contributed by atoms with Crippen molar-refractivity contribution < 1.29 is 46.6 Å². The van der Waals surface area contributed by atoms with E-state index < -0.39 is 46.4 Å². The van der Waals surface area contributed by atoms with Gasteiger partial charge in [-0.2, -0.15) is 0 Å². The van der Waals surface area contributed by atoms with Gasteiger partial charge in [0.15, 0.2) is 0 Å². The van der Waals surface area contributed by atoms with E-state index in [2.05, 4.69) is 10.6 Å². The molecule has 15 heteroatoms. The number of nitrogens with one attached hydrogen (secondary N) is 2. The van der Waals surface area contributed by atoms with Gasteiger partial charge >= 0.3 is 24.2 Å². The fraction of sp³-hybridized carbons (Fsp3) is 0.618. The van der Waals surface area contributed by atoms with Gasteiger partial charge in [-0.3, -0.25) is 14.5 Å². The summed E-state index contributed by atoms with van der Waals surface area (Å²) in [6, 6.07) is 4.42. The zero-order chi connectivity index (χ0) is 35.7. The van der Waals surface area contributed by atoms with Crippen molar-refractivity contribution in [2.24, 2.45) is 5.92 Å². The molecular weight excluding hydrogens is 656 g/mol. The van der Waals surface area contributed by atoms with Gasteiger partial charge in [-0.25, -0.2) is 27.1 Å². The highest BCUT2D eigenvalue weighted by molar-refractivity contribution is 7.89. The summed E-state index contributed by atoms with van der Waals surface area (Å²) in [4.78, 5) is 63.6. The molecule has 49 heavy (non-hydrogen) atoms. The molecular formula is C34H48N4O10S. The minimum absolute atomic E-state index is 0.0698. The lowest BCUT2D eigenvalue weighted by Crippen LogP contribution is -2.47. The van der Waals surface area contributed by atoms with Crippen molar-refractivity contribution in [2.75, 3.05) is 20.1 Å². The van der Waals surface area contributed by atoms with Gasteiger partial charge in [0.25, 0.3) is 15.9 Å². The van der Waals surface area contributed by atoms with E-state index in [1.807, 2.05) is 13.8 Å². The van der Waals surface area contributed by atoms with Crippen LogP contribution >= 0.6 is 0 Å². The number of benzene rings is 1. The lowest BCUT2D eigenvalue weighted by atomic mass is 9.86. The van der Waals surface area contributed by atoms with Gasteiger partial charge in [0, 0.05) is 32.1 Å². The van der Waals surface area contributed by atoms with Gasteiger partial charge in [0.05, 0.1) is 17.4 Å². The minimum Gasteiger partial charge on any atom is -0.431 e. The van der Waals surface area contributed by atoms with Crippen LogP contribution in [0.1, 0.15) is 90.5 Å². The summed E-state index contributed by atoms with van der Waals surface area (Å²) in [6.07, 6.45) is 5.25. The van der Waals surface area contributed by atoms with Gasteiger partial charge < -0.3 is 24.8 Å². The van der Waals surface area contributed by atoms with E-state index in [9.17, 15) is 32.4 Å². The Bertz CT molecular complexity index is 1510. The highest BCUT2D eigenvalue weighted by atomic mass is 32.2. The smallest absolute Gasteiger partial charge is 0.431 e. The van der Waals surface area contributed by atoms with E-state index in [1.54, 1.807) is 12.1 Å². The highest BCUT2D eigenvalue weighted by Crippen LogP contribution is 2.27. The van der Waals surface area contributed by atoms with E-state index in [0.717, 1.165) is 43.2 Å². The van der Waals surface area contributed by atoms with Gasteiger partial charge in [-0.1, -0.05) is 25.5 Å². The number of hydrogen-bond donors (Lipinski definition) is 2. The molecule has 2 N–H and O–H groups in total. The van der Waals surface area contributed by atoms with Gasteiger partial charge in [0.2, 0.25) is 6.29 Å². The summed E-state index contributed by atoms with van der Waals surface area (Å²) in [7, 11) is -2.97. The fourth-order valence-electron chi connectivity index (χ4n) is 6.38. The molecule has 1 aliphatic heterocycles. The van der Waals surface area contributed by atoms with Crippen molar-refractivity contribution in [3.63, 3.8) is 0 Å².